The van der Waals surface area contributed by atoms with Crippen molar-refractivity contribution in [1.29, 1.82) is 0 Å². The van der Waals surface area contributed by atoms with E-state index in [1.54, 1.807) is 54.6 Å². The summed E-state index contributed by atoms with van der Waals surface area (Å²) >= 11 is 0. The van der Waals surface area contributed by atoms with E-state index in [0.717, 1.165) is 5.56 Å². The minimum absolute atomic E-state index is 0.0453. The molecule has 0 saturated heterocycles. The minimum atomic E-state index is -3.69. The van der Waals surface area contributed by atoms with E-state index in [9.17, 15) is 13.2 Å². The topological polar surface area (TPSA) is 94.2 Å². The molecule has 0 bridgehead atoms. The lowest BCUT2D eigenvalue weighted by Crippen LogP contribution is -2.27. The van der Waals surface area contributed by atoms with Crippen LogP contribution in [0.2, 0.25) is 0 Å². The monoisotopic (exact) mass is 468 g/mol. The van der Waals surface area contributed by atoms with E-state index in [0.29, 0.717) is 34.9 Å². The molecule has 1 heterocycles. The van der Waals surface area contributed by atoms with Gasteiger partial charge in [0.05, 0.1) is 12.0 Å². The fourth-order valence-corrected chi connectivity index (χ4v) is 4.65. The first-order valence-electron chi connectivity index (χ1n) is 10.2. The molecule has 33 heavy (non-hydrogen) atoms. The number of carbonyl (C=O) groups excluding carboxylic acids is 1. The highest BCUT2D eigenvalue weighted by molar-refractivity contribution is 7.89. The summed E-state index contributed by atoms with van der Waals surface area (Å²) in [7, 11) is -0.693. The largest absolute Gasteiger partial charge is 0.496 e. The fraction of sp³-hybridized carbons (Fsp3) is 0.208. The van der Waals surface area contributed by atoms with Gasteiger partial charge in [0.25, 0.3) is 5.91 Å². The van der Waals surface area contributed by atoms with E-state index in [4.69, 9.17) is 14.2 Å². The Hall–Kier alpha value is -3.56. The van der Waals surface area contributed by atoms with Crippen LogP contribution < -0.4 is 19.5 Å². The maximum atomic E-state index is 12.9. The summed E-state index contributed by atoms with van der Waals surface area (Å²) in [6.07, 6.45) is 0. The molecule has 0 radical (unpaired) electrons. The van der Waals surface area contributed by atoms with Gasteiger partial charge in [-0.05, 0) is 48.0 Å². The number of methoxy groups -OCH3 is 1. The minimum Gasteiger partial charge on any atom is -0.496 e. The first-order chi connectivity index (χ1) is 15.9. The third-order valence-electron chi connectivity index (χ3n) is 5.28. The smallest absolute Gasteiger partial charge is 0.251 e. The van der Waals surface area contributed by atoms with Gasteiger partial charge < -0.3 is 19.5 Å². The van der Waals surface area contributed by atoms with Crippen LogP contribution >= 0.6 is 0 Å². The van der Waals surface area contributed by atoms with Gasteiger partial charge in [0, 0.05) is 31.3 Å². The molecule has 0 saturated carbocycles. The van der Waals surface area contributed by atoms with Gasteiger partial charge in [0.1, 0.15) is 5.75 Å². The van der Waals surface area contributed by atoms with Crippen molar-refractivity contribution in [3.05, 3.63) is 83.4 Å². The molecule has 1 aliphatic heterocycles. The second kappa shape index (κ2) is 9.51. The van der Waals surface area contributed by atoms with E-state index >= 15 is 0 Å². The summed E-state index contributed by atoms with van der Waals surface area (Å²) in [6, 6.07) is 18.6. The maximum absolute atomic E-state index is 12.9. The van der Waals surface area contributed by atoms with Crippen LogP contribution in [-0.2, 0) is 23.1 Å². The predicted octanol–water partition coefficient (Wildman–Crippen LogP) is 3.17. The Morgan fingerprint density at radius 3 is 2.55 bits per heavy atom. The summed E-state index contributed by atoms with van der Waals surface area (Å²) in [5.41, 5.74) is 1.85. The highest BCUT2D eigenvalue weighted by Gasteiger charge is 2.22. The highest BCUT2D eigenvalue weighted by Crippen LogP contribution is 2.32. The average molecular weight is 469 g/mol. The Morgan fingerprint density at radius 1 is 1.03 bits per heavy atom. The molecule has 0 unspecified atom stereocenters. The van der Waals surface area contributed by atoms with Gasteiger partial charge in [-0.25, -0.2) is 8.42 Å². The normalized spacial score (nSPS) is 12.6. The first kappa shape index (κ1) is 22.6. The Kier molecular flexibility index (Phi) is 6.52. The fourth-order valence-electron chi connectivity index (χ4n) is 3.48. The third-order valence-corrected chi connectivity index (χ3v) is 7.09. The molecule has 9 heteroatoms. The van der Waals surface area contributed by atoms with Crippen molar-refractivity contribution in [2.45, 2.75) is 18.0 Å². The summed E-state index contributed by atoms with van der Waals surface area (Å²) in [4.78, 5) is 13.0. The molecule has 8 nitrogen and oxygen atoms in total. The highest BCUT2D eigenvalue weighted by atomic mass is 32.2. The molecule has 0 aliphatic carbocycles. The molecule has 3 aromatic carbocycles. The van der Waals surface area contributed by atoms with Crippen LogP contribution in [0.1, 0.15) is 21.5 Å². The summed E-state index contributed by atoms with van der Waals surface area (Å²) < 4.78 is 43.1. The Morgan fingerprint density at radius 2 is 1.79 bits per heavy atom. The standard InChI is InChI=1S/C24H24N2O6S/c1-26(33(28,29)20-6-4-3-5-7-20)15-19-13-18(9-11-21(19)30-2)24(27)25-14-17-8-10-22-23(12-17)32-16-31-22/h3-13H,14-16H2,1-2H3,(H,25,27). The van der Waals surface area contributed by atoms with Gasteiger partial charge in [0.15, 0.2) is 11.5 Å². The molecule has 1 N–H and O–H groups in total. The van der Waals surface area contributed by atoms with Crippen LogP contribution in [0.4, 0.5) is 0 Å². The molecular weight excluding hydrogens is 444 g/mol. The zero-order valence-electron chi connectivity index (χ0n) is 18.3. The number of rotatable bonds is 8. The van der Waals surface area contributed by atoms with Gasteiger partial charge in [-0.2, -0.15) is 4.31 Å². The second-order valence-electron chi connectivity index (χ2n) is 7.47. The Bertz CT molecular complexity index is 1260. The van der Waals surface area contributed by atoms with Crippen LogP contribution in [0.25, 0.3) is 0 Å². The Balaban J connectivity index is 1.48. The summed E-state index contributed by atoms with van der Waals surface area (Å²) in [5, 5.41) is 2.87. The number of amides is 1. The van der Waals surface area contributed by atoms with E-state index in [1.165, 1.54) is 18.5 Å². The second-order valence-corrected chi connectivity index (χ2v) is 9.52. The summed E-state index contributed by atoms with van der Waals surface area (Å²) in [5.74, 6) is 1.54. The average Bonchev–Trinajstić information content (AvgIpc) is 3.31. The summed E-state index contributed by atoms with van der Waals surface area (Å²) in [6.45, 7) is 0.539. The molecule has 1 amide bonds. The van der Waals surface area contributed by atoms with Crippen LogP contribution in [0, 0.1) is 0 Å². The number of fused-ring (bicyclic) bond motifs is 1. The molecule has 3 aromatic rings. The van der Waals surface area contributed by atoms with E-state index < -0.39 is 10.0 Å². The van der Waals surface area contributed by atoms with Crippen LogP contribution in [0.15, 0.2) is 71.6 Å². The third kappa shape index (κ3) is 4.94. The molecule has 1 aliphatic rings. The van der Waals surface area contributed by atoms with E-state index in [1.807, 2.05) is 12.1 Å². The number of hydrogen-bond acceptors (Lipinski definition) is 6. The van der Waals surface area contributed by atoms with Gasteiger partial charge in [-0.15, -0.1) is 0 Å². The molecule has 0 aromatic heterocycles. The van der Waals surface area contributed by atoms with Crippen molar-refractivity contribution < 1.29 is 27.4 Å². The number of carbonyl (C=O) groups is 1. The lowest BCUT2D eigenvalue weighted by Gasteiger charge is -2.19. The first-order valence-corrected chi connectivity index (χ1v) is 11.7. The van der Waals surface area contributed by atoms with Crippen molar-refractivity contribution in [3.8, 4) is 17.2 Å². The van der Waals surface area contributed by atoms with Crippen molar-refractivity contribution in [1.82, 2.24) is 9.62 Å². The molecule has 0 spiro atoms. The maximum Gasteiger partial charge on any atom is 0.251 e. The number of sulfonamides is 1. The van der Waals surface area contributed by atoms with Crippen molar-refractivity contribution >= 4 is 15.9 Å². The van der Waals surface area contributed by atoms with Crippen LogP contribution in [0.5, 0.6) is 17.2 Å². The number of nitrogens with one attached hydrogen (secondary N) is 1. The van der Waals surface area contributed by atoms with Gasteiger partial charge in [-0.3, -0.25) is 4.79 Å². The van der Waals surface area contributed by atoms with Crippen LogP contribution in [0.3, 0.4) is 0 Å². The quantitative estimate of drug-likeness (QED) is 0.546. The predicted molar refractivity (Wildman–Crippen MR) is 122 cm³/mol. The van der Waals surface area contributed by atoms with Crippen molar-refractivity contribution in [2.24, 2.45) is 0 Å². The van der Waals surface area contributed by atoms with Crippen molar-refractivity contribution in [2.75, 3.05) is 21.0 Å². The zero-order valence-corrected chi connectivity index (χ0v) is 19.1. The SMILES string of the molecule is COc1ccc(C(=O)NCc2ccc3c(c2)OCO3)cc1CN(C)S(=O)(=O)c1ccccc1. The number of hydrogen-bond donors (Lipinski definition) is 1. The lowest BCUT2D eigenvalue weighted by molar-refractivity contribution is 0.0950. The molecule has 0 atom stereocenters. The molecular formula is C24H24N2O6S. The lowest BCUT2D eigenvalue weighted by atomic mass is 10.1. The van der Waals surface area contributed by atoms with Crippen LogP contribution in [-0.4, -0.2) is 39.6 Å². The van der Waals surface area contributed by atoms with E-state index in [2.05, 4.69) is 5.32 Å². The van der Waals surface area contributed by atoms with E-state index in [-0.39, 0.29) is 24.1 Å². The number of nitrogens with zero attached hydrogens (tertiary/aromatic N) is 1. The number of ether oxygens (including phenoxy) is 3. The van der Waals surface area contributed by atoms with Gasteiger partial charge >= 0.3 is 0 Å². The molecule has 0 fully saturated rings. The number of benzene rings is 3. The molecule has 4 rings (SSSR count). The van der Waals surface area contributed by atoms with Crippen molar-refractivity contribution in [3.63, 3.8) is 0 Å². The molecule has 172 valence electrons. The Labute approximate surface area is 192 Å². The van der Waals surface area contributed by atoms with Gasteiger partial charge in [0.2, 0.25) is 16.8 Å². The zero-order chi connectivity index (χ0) is 23.4. The van der Waals surface area contributed by atoms with Gasteiger partial charge in [-0.1, -0.05) is 24.3 Å².